The number of rotatable bonds is 5. The molecule has 0 fully saturated rings. The Bertz CT molecular complexity index is 1450. The van der Waals surface area contributed by atoms with Crippen molar-refractivity contribution in [2.24, 2.45) is 12.8 Å². The summed E-state index contributed by atoms with van der Waals surface area (Å²) in [5, 5.41) is 11.3. The normalized spacial score (nSPS) is 11.9. The van der Waals surface area contributed by atoms with E-state index < -0.39 is 23.7 Å². The van der Waals surface area contributed by atoms with Crippen LogP contribution in [0.3, 0.4) is 0 Å². The molecule has 0 unspecified atom stereocenters. The van der Waals surface area contributed by atoms with Crippen LogP contribution >= 0.6 is 11.3 Å². The average molecular weight is 491 g/mol. The maximum atomic E-state index is 13.7. The third-order valence-corrected chi connectivity index (χ3v) is 6.31. The SMILES string of the molecule is CCn1cc(-c2cc(C(F)(F)F)nc3sc(C(N)=O)c(NC(=O)c4cc(C)nn4C)c23)c(C)n1. The molecule has 178 valence electrons. The summed E-state index contributed by atoms with van der Waals surface area (Å²) in [5.74, 6) is -1.50. The first-order chi connectivity index (χ1) is 15.9. The van der Waals surface area contributed by atoms with Crippen molar-refractivity contribution < 1.29 is 22.8 Å². The van der Waals surface area contributed by atoms with Gasteiger partial charge in [-0.25, -0.2) is 4.98 Å². The van der Waals surface area contributed by atoms with Crippen LogP contribution in [0.5, 0.6) is 0 Å². The largest absolute Gasteiger partial charge is 0.433 e. The third kappa shape index (κ3) is 4.02. The fourth-order valence-corrected chi connectivity index (χ4v) is 4.70. The first kappa shape index (κ1) is 23.4. The van der Waals surface area contributed by atoms with Crippen molar-refractivity contribution in [1.29, 1.82) is 0 Å². The van der Waals surface area contributed by atoms with Gasteiger partial charge in [0.25, 0.3) is 11.8 Å². The molecule has 0 aliphatic carbocycles. The Labute approximate surface area is 195 Å². The highest BCUT2D eigenvalue weighted by Gasteiger charge is 2.35. The first-order valence-electron chi connectivity index (χ1n) is 10.1. The number of nitrogens with zero attached hydrogens (tertiary/aromatic N) is 5. The standard InChI is InChI=1S/C21H20F3N7O2S/c1-5-31-8-12(10(3)29-31)11-7-14(21(22,23)24)26-20-15(11)16(17(34-20)18(25)32)27-19(33)13-6-9(2)28-30(13)4/h6-8H,5H2,1-4H3,(H2,25,32)(H,27,33). The van der Waals surface area contributed by atoms with E-state index >= 15 is 0 Å². The summed E-state index contributed by atoms with van der Waals surface area (Å²) in [5.41, 5.74) is 6.22. The van der Waals surface area contributed by atoms with Gasteiger partial charge in [-0.05, 0) is 38.5 Å². The lowest BCUT2D eigenvalue weighted by Gasteiger charge is -2.12. The molecule has 0 saturated carbocycles. The summed E-state index contributed by atoms with van der Waals surface area (Å²) in [7, 11) is 1.58. The Morgan fingerprint density at radius 2 is 1.88 bits per heavy atom. The summed E-state index contributed by atoms with van der Waals surface area (Å²) in [4.78, 5) is 28.8. The van der Waals surface area contributed by atoms with Crippen molar-refractivity contribution in [3.63, 3.8) is 0 Å². The summed E-state index contributed by atoms with van der Waals surface area (Å²) >= 11 is 0.686. The van der Waals surface area contributed by atoms with Gasteiger partial charge in [0.05, 0.1) is 17.1 Å². The average Bonchev–Trinajstić information content (AvgIpc) is 3.41. The Morgan fingerprint density at radius 1 is 1.18 bits per heavy atom. The number of halogens is 3. The number of nitrogens with two attached hydrogens (primary N) is 1. The number of anilines is 1. The van der Waals surface area contributed by atoms with Crippen LogP contribution in [-0.4, -0.2) is 36.4 Å². The number of hydrogen-bond donors (Lipinski definition) is 2. The Kier molecular flexibility index (Phi) is 5.67. The van der Waals surface area contributed by atoms with Crippen molar-refractivity contribution >= 4 is 39.1 Å². The predicted octanol–water partition coefficient (Wildman–Crippen LogP) is 3.90. The lowest BCUT2D eigenvalue weighted by atomic mass is 10.0. The summed E-state index contributed by atoms with van der Waals surface area (Å²) < 4.78 is 44.0. The number of nitrogens with one attached hydrogen (secondary N) is 1. The molecular weight excluding hydrogens is 471 g/mol. The van der Waals surface area contributed by atoms with Gasteiger partial charge < -0.3 is 11.1 Å². The number of thiophene rings is 1. The number of pyridine rings is 1. The molecule has 0 aromatic carbocycles. The van der Waals surface area contributed by atoms with Crippen molar-refractivity contribution in [2.45, 2.75) is 33.5 Å². The minimum atomic E-state index is -4.73. The zero-order chi connectivity index (χ0) is 24.9. The van der Waals surface area contributed by atoms with Crippen LogP contribution in [-0.2, 0) is 19.8 Å². The zero-order valence-electron chi connectivity index (χ0n) is 18.6. The maximum absolute atomic E-state index is 13.7. The van der Waals surface area contributed by atoms with Crippen LogP contribution < -0.4 is 11.1 Å². The summed E-state index contributed by atoms with van der Waals surface area (Å²) in [6, 6.07) is 2.44. The van der Waals surface area contributed by atoms with Crippen LogP contribution in [0.4, 0.5) is 18.9 Å². The first-order valence-corrected chi connectivity index (χ1v) is 10.9. The molecule has 9 nitrogen and oxygen atoms in total. The van der Waals surface area contributed by atoms with Gasteiger partial charge >= 0.3 is 6.18 Å². The molecule has 4 aromatic heterocycles. The summed E-state index contributed by atoms with van der Waals surface area (Å²) in [6.07, 6.45) is -3.12. The molecule has 34 heavy (non-hydrogen) atoms. The number of primary amides is 1. The van der Waals surface area contributed by atoms with Crippen molar-refractivity contribution in [3.8, 4) is 11.1 Å². The monoisotopic (exact) mass is 491 g/mol. The van der Waals surface area contributed by atoms with Crippen LogP contribution in [0, 0.1) is 13.8 Å². The molecule has 0 radical (unpaired) electrons. The highest BCUT2D eigenvalue weighted by molar-refractivity contribution is 7.21. The van der Waals surface area contributed by atoms with E-state index in [1.807, 2.05) is 6.92 Å². The molecule has 0 saturated heterocycles. The minimum Gasteiger partial charge on any atom is -0.365 e. The predicted molar refractivity (Wildman–Crippen MR) is 121 cm³/mol. The van der Waals surface area contributed by atoms with Gasteiger partial charge in [-0.1, -0.05) is 0 Å². The second kappa shape index (κ2) is 8.24. The smallest absolute Gasteiger partial charge is 0.365 e. The number of hydrogen-bond acceptors (Lipinski definition) is 6. The Hall–Kier alpha value is -3.74. The van der Waals surface area contributed by atoms with E-state index in [4.69, 9.17) is 5.73 Å². The highest BCUT2D eigenvalue weighted by atomic mass is 32.1. The third-order valence-electron chi connectivity index (χ3n) is 5.21. The topological polar surface area (TPSA) is 121 Å². The number of alkyl halides is 3. The lowest BCUT2D eigenvalue weighted by molar-refractivity contribution is -0.140. The van der Waals surface area contributed by atoms with Crippen molar-refractivity contribution in [1.82, 2.24) is 24.5 Å². The second-order valence-corrected chi connectivity index (χ2v) is 8.64. The van der Waals surface area contributed by atoms with Crippen LogP contribution in [0.2, 0.25) is 0 Å². The van der Waals surface area contributed by atoms with Gasteiger partial charge in [-0.3, -0.25) is 19.0 Å². The number of carbonyl (C=O) groups is 2. The Morgan fingerprint density at radius 3 is 2.41 bits per heavy atom. The van der Waals surface area contributed by atoms with E-state index in [2.05, 4.69) is 20.5 Å². The molecule has 4 aromatic rings. The van der Waals surface area contributed by atoms with Gasteiger partial charge in [-0.15, -0.1) is 11.3 Å². The molecular formula is C21H20F3N7O2S. The fraction of sp³-hybridized carbons (Fsp3) is 0.286. The van der Waals surface area contributed by atoms with Crippen molar-refractivity contribution in [2.75, 3.05) is 5.32 Å². The van der Waals surface area contributed by atoms with E-state index in [0.29, 0.717) is 34.8 Å². The van der Waals surface area contributed by atoms with E-state index in [1.54, 1.807) is 37.8 Å². The zero-order valence-corrected chi connectivity index (χ0v) is 19.4. The van der Waals surface area contributed by atoms with Gasteiger partial charge in [0.15, 0.2) is 0 Å². The molecule has 4 rings (SSSR count). The maximum Gasteiger partial charge on any atom is 0.433 e. The quantitative estimate of drug-likeness (QED) is 0.439. The van der Waals surface area contributed by atoms with E-state index in [9.17, 15) is 22.8 Å². The molecule has 0 bridgehead atoms. The minimum absolute atomic E-state index is 0.00349. The molecule has 2 amide bonds. The Balaban J connectivity index is 2.02. The molecule has 0 aliphatic rings. The van der Waals surface area contributed by atoms with Gasteiger partial charge in [0.1, 0.15) is 21.1 Å². The molecule has 0 aliphatic heterocycles. The number of carbonyl (C=O) groups excluding carboxylic acids is 2. The number of amides is 2. The van der Waals surface area contributed by atoms with E-state index in [-0.39, 0.29) is 32.0 Å². The number of aryl methyl sites for hydroxylation is 4. The van der Waals surface area contributed by atoms with Crippen LogP contribution in [0.1, 0.15) is 44.2 Å². The number of fused-ring (bicyclic) bond motifs is 1. The van der Waals surface area contributed by atoms with Gasteiger partial charge in [-0.2, -0.15) is 23.4 Å². The van der Waals surface area contributed by atoms with Crippen LogP contribution in [0.15, 0.2) is 18.3 Å². The molecule has 0 spiro atoms. The van der Waals surface area contributed by atoms with Gasteiger partial charge in [0.2, 0.25) is 0 Å². The van der Waals surface area contributed by atoms with E-state index in [0.717, 1.165) is 6.07 Å². The summed E-state index contributed by atoms with van der Waals surface area (Å²) in [6.45, 7) is 5.72. The second-order valence-electron chi connectivity index (χ2n) is 7.64. The molecule has 4 heterocycles. The molecule has 0 atom stereocenters. The van der Waals surface area contributed by atoms with E-state index in [1.165, 1.54) is 4.68 Å². The van der Waals surface area contributed by atoms with Gasteiger partial charge in [0, 0.05) is 30.7 Å². The van der Waals surface area contributed by atoms with Crippen molar-refractivity contribution in [3.05, 3.63) is 46.0 Å². The van der Waals surface area contributed by atoms with Crippen LogP contribution in [0.25, 0.3) is 21.3 Å². The fourth-order valence-electron chi connectivity index (χ4n) is 3.69. The highest BCUT2D eigenvalue weighted by Crippen LogP contribution is 2.44. The molecule has 3 N–H and O–H groups in total. The number of aromatic nitrogens is 5. The molecule has 13 heteroatoms. The lowest BCUT2D eigenvalue weighted by Crippen LogP contribution is -2.19.